The van der Waals surface area contributed by atoms with Gasteiger partial charge in [0.05, 0.1) is 18.8 Å². The van der Waals surface area contributed by atoms with E-state index in [2.05, 4.69) is 0 Å². The minimum absolute atomic E-state index is 0.415. The summed E-state index contributed by atoms with van der Waals surface area (Å²) in [5.41, 5.74) is 6.51. The van der Waals surface area contributed by atoms with Crippen LogP contribution in [-0.2, 0) is 10.3 Å². The van der Waals surface area contributed by atoms with Gasteiger partial charge < -0.3 is 10.5 Å². The van der Waals surface area contributed by atoms with Gasteiger partial charge in [-0.25, -0.2) is 0 Å². The number of hydrogen-bond donors (Lipinski definition) is 1. The average Bonchev–Trinajstić information content (AvgIpc) is 2.00. The summed E-state index contributed by atoms with van der Waals surface area (Å²) in [5, 5.41) is 1.23. The Kier molecular flexibility index (Phi) is 2.24. The summed E-state index contributed by atoms with van der Waals surface area (Å²) >= 11 is 11.8. The second kappa shape index (κ2) is 3.14. The number of nitrogens with two attached hydrogens (primary N) is 1. The molecule has 0 atom stereocenters. The van der Waals surface area contributed by atoms with Gasteiger partial charge in [-0.15, -0.1) is 0 Å². The van der Waals surface area contributed by atoms with Crippen LogP contribution in [0, 0.1) is 0 Å². The largest absolute Gasteiger partial charge is 0.377 e. The predicted octanol–water partition coefficient (Wildman–Crippen LogP) is 2.18. The Bertz CT molecular complexity index is 336. The van der Waals surface area contributed by atoms with Crippen molar-refractivity contribution in [3.8, 4) is 0 Å². The quantitative estimate of drug-likeness (QED) is 0.783. The molecule has 0 radical (unpaired) electrons. The normalized spacial score (nSPS) is 19.6. The first-order valence-corrected chi connectivity index (χ1v) is 4.70. The van der Waals surface area contributed by atoms with Crippen LogP contribution >= 0.6 is 23.2 Å². The van der Waals surface area contributed by atoms with Crippen molar-refractivity contribution in [1.29, 1.82) is 0 Å². The molecule has 4 heteroatoms. The zero-order valence-electron chi connectivity index (χ0n) is 6.89. The molecular formula is C9H9Cl2NO. The van der Waals surface area contributed by atoms with Crippen molar-refractivity contribution >= 4 is 23.2 Å². The molecule has 0 aromatic heterocycles. The Morgan fingerprint density at radius 1 is 1.31 bits per heavy atom. The molecular weight excluding hydrogens is 209 g/mol. The zero-order valence-corrected chi connectivity index (χ0v) is 8.40. The van der Waals surface area contributed by atoms with Gasteiger partial charge in [0.25, 0.3) is 0 Å². The molecule has 0 amide bonds. The SMILES string of the molecule is NC1(c2ccc(Cl)cc2Cl)COC1. The fraction of sp³-hybridized carbons (Fsp3) is 0.333. The Morgan fingerprint density at radius 2 is 2.00 bits per heavy atom. The summed E-state index contributed by atoms with van der Waals surface area (Å²) in [6, 6.07) is 5.34. The minimum Gasteiger partial charge on any atom is -0.377 e. The van der Waals surface area contributed by atoms with Gasteiger partial charge >= 0.3 is 0 Å². The maximum Gasteiger partial charge on any atom is 0.0898 e. The molecule has 1 aliphatic heterocycles. The van der Waals surface area contributed by atoms with Crippen LogP contribution in [0.2, 0.25) is 10.0 Å². The van der Waals surface area contributed by atoms with Gasteiger partial charge in [-0.3, -0.25) is 0 Å². The van der Waals surface area contributed by atoms with E-state index in [9.17, 15) is 0 Å². The Morgan fingerprint density at radius 3 is 2.46 bits per heavy atom. The third-order valence-electron chi connectivity index (χ3n) is 2.19. The molecule has 0 spiro atoms. The Balaban J connectivity index is 2.40. The molecule has 0 aliphatic carbocycles. The fourth-order valence-electron chi connectivity index (χ4n) is 1.37. The fourth-order valence-corrected chi connectivity index (χ4v) is 1.97. The Labute approximate surface area is 86.6 Å². The number of hydrogen-bond acceptors (Lipinski definition) is 2. The highest BCUT2D eigenvalue weighted by atomic mass is 35.5. The summed E-state index contributed by atoms with van der Waals surface area (Å²) in [6.45, 7) is 1.04. The van der Waals surface area contributed by atoms with Crippen molar-refractivity contribution in [1.82, 2.24) is 0 Å². The first kappa shape index (κ1) is 9.28. The van der Waals surface area contributed by atoms with Gasteiger partial charge in [-0.1, -0.05) is 29.3 Å². The van der Waals surface area contributed by atoms with Crippen molar-refractivity contribution in [3.05, 3.63) is 33.8 Å². The number of halogens is 2. The van der Waals surface area contributed by atoms with Gasteiger partial charge in [0.15, 0.2) is 0 Å². The van der Waals surface area contributed by atoms with E-state index in [1.54, 1.807) is 12.1 Å². The van der Waals surface area contributed by atoms with Crippen LogP contribution in [-0.4, -0.2) is 13.2 Å². The molecule has 1 heterocycles. The third-order valence-corrected chi connectivity index (χ3v) is 2.73. The molecule has 1 aliphatic rings. The van der Waals surface area contributed by atoms with Crippen molar-refractivity contribution in [2.45, 2.75) is 5.54 Å². The molecule has 13 heavy (non-hydrogen) atoms. The van der Waals surface area contributed by atoms with Gasteiger partial charge in [0.1, 0.15) is 0 Å². The highest BCUT2D eigenvalue weighted by Crippen LogP contribution is 2.33. The van der Waals surface area contributed by atoms with Gasteiger partial charge in [-0.2, -0.15) is 0 Å². The van der Waals surface area contributed by atoms with E-state index in [-0.39, 0.29) is 0 Å². The summed E-state index contributed by atoms with van der Waals surface area (Å²) in [6.07, 6.45) is 0. The lowest BCUT2D eigenvalue weighted by Crippen LogP contribution is -2.54. The smallest absolute Gasteiger partial charge is 0.0898 e. The molecule has 70 valence electrons. The topological polar surface area (TPSA) is 35.2 Å². The van der Waals surface area contributed by atoms with E-state index >= 15 is 0 Å². The number of rotatable bonds is 1. The highest BCUT2D eigenvalue weighted by Gasteiger charge is 2.37. The molecule has 2 N–H and O–H groups in total. The lowest BCUT2D eigenvalue weighted by molar-refractivity contribution is -0.0568. The number of benzene rings is 1. The van der Waals surface area contributed by atoms with Crippen LogP contribution in [0.25, 0.3) is 0 Å². The number of ether oxygens (including phenoxy) is 1. The summed E-state index contributed by atoms with van der Waals surface area (Å²) < 4.78 is 5.06. The lowest BCUT2D eigenvalue weighted by Gasteiger charge is -2.38. The molecule has 0 saturated carbocycles. The van der Waals surface area contributed by atoms with Crippen molar-refractivity contribution < 1.29 is 4.74 Å². The second-order valence-corrected chi connectivity index (χ2v) is 4.12. The van der Waals surface area contributed by atoms with E-state index in [1.165, 1.54) is 0 Å². The molecule has 0 unspecified atom stereocenters. The molecule has 0 bridgehead atoms. The first-order chi connectivity index (χ1) is 6.12. The zero-order chi connectivity index (χ0) is 9.47. The monoisotopic (exact) mass is 217 g/mol. The molecule has 2 nitrogen and oxygen atoms in total. The van der Waals surface area contributed by atoms with Crippen LogP contribution in [0.5, 0.6) is 0 Å². The third kappa shape index (κ3) is 1.55. The minimum atomic E-state index is -0.415. The predicted molar refractivity (Wildman–Crippen MR) is 53.1 cm³/mol. The van der Waals surface area contributed by atoms with Crippen LogP contribution in [0.1, 0.15) is 5.56 Å². The van der Waals surface area contributed by atoms with Crippen LogP contribution in [0.15, 0.2) is 18.2 Å². The van der Waals surface area contributed by atoms with Gasteiger partial charge in [-0.05, 0) is 17.7 Å². The van der Waals surface area contributed by atoms with Crippen molar-refractivity contribution in [2.24, 2.45) is 5.73 Å². The first-order valence-electron chi connectivity index (χ1n) is 3.94. The van der Waals surface area contributed by atoms with Crippen LogP contribution < -0.4 is 5.73 Å². The Hall–Kier alpha value is -0.280. The highest BCUT2D eigenvalue weighted by molar-refractivity contribution is 6.35. The molecule has 1 aromatic rings. The van der Waals surface area contributed by atoms with E-state index in [0.29, 0.717) is 23.3 Å². The summed E-state index contributed by atoms with van der Waals surface area (Å²) in [4.78, 5) is 0. The van der Waals surface area contributed by atoms with Crippen LogP contribution in [0.3, 0.4) is 0 Å². The van der Waals surface area contributed by atoms with E-state index in [1.807, 2.05) is 6.07 Å². The molecule has 1 saturated heterocycles. The average molecular weight is 218 g/mol. The van der Waals surface area contributed by atoms with Crippen molar-refractivity contribution in [2.75, 3.05) is 13.2 Å². The maximum absolute atomic E-state index is 6.02. The van der Waals surface area contributed by atoms with Gasteiger partial charge in [0.2, 0.25) is 0 Å². The second-order valence-electron chi connectivity index (χ2n) is 3.27. The van der Waals surface area contributed by atoms with Crippen molar-refractivity contribution in [3.63, 3.8) is 0 Å². The van der Waals surface area contributed by atoms with E-state index in [0.717, 1.165) is 5.56 Å². The lowest BCUT2D eigenvalue weighted by atomic mass is 9.89. The molecule has 1 fully saturated rings. The summed E-state index contributed by atoms with van der Waals surface area (Å²) in [7, 11) is 0. The molecule has 2 rings (SSSR count). The van der Waals surface area contributed by atoms with Crippen LogP contribution in [0.4, 0.5) is 0 Å². The summed E-state index contributed by atoms with van der Waals surface area (Å²) in [5.74, 6) is 0. The van der Waals surface area contributed by atoms with E-state index < -0.39 is 5.54 Å². The van der Waals surface area contributed by atoms with E-state index in [4.69, 9.17) is 33.7 Å². The standard InChI is InChI=1S/C9H9Cl2NO/c10-6-1-2-7(8(11)3-6)9(12)4-13-5-9/h1-3H,4-5,12H2. The molecule has 1 aromatic carbocycles. The van der Waals surface area contributed by atoms with Gasteiger partial charge in [0, 0.05) is 10.0 Å². The maximum atomic E-state index is 6.02.